The van der Waals surface area contributed by atoms with Gasteiger partial charge in [-0.15, -0.1) is 0 Å². The molecule has 2 saturated heterocycles. The minimum Gasteiger partial charge on any atom is -0.378 e. The third kappa shape index (κ3) is 4.75. The standard InChI is InChI=1S/C53H57N3/c1-34-14-12-21-45-46-32-39(43-26-28-52(5)49(35(43)2)47-30-37-24-29-53(47,33-37)56(52)41-18-10-7-11-19-41)25-27-51(46,4)55(50(34)45)42-20-13-17-40(31-42)48-23-22-44(36(3)54-48)38-15-8-6-9-16-38/h6-13,15-26,29,31-32,34-37,45,47,49-50,54H,14,27-28,30,33H2,1-5H3. The molecular formula is C53H57N3. The van der Waals surface area contributed by atoms with Crippen molar-refractivity contribution in [3.8, 4) is 0 Å². The van der Waals surface area contributed by atoms with Gasteiger partial charge in [-0.25, -0.2) is 0 Å². The van der Waals surface area contributed by atoms with Gasteiger partial charge in [0.25, 0.3) is 0 Å². The summed E-state index contributed by atoms with van der Waals surface area (Å²) in [4.78, 5) is 5.76. The third-order valence-corrected chi connectivity index (χ3v) is 16.1. The molecule has 3 fully saturated rings. The van der Waals surface area contributed by atoms with Crippen LogP contribution in [-0.4, -0.2) is 28.7 Å². The lowest BCUT2D eigenvalue weighted by Crippen LogP contribution is -2.54. The van der Waals surface area contributed by atoms with E-state index in [9.17, 15) is 0 Å². The van der Waals surface area contributed by atoms with Crippen LogP contribution in [0.25, 0.3) is 11.3 Å². The normalized spacial score (nSPS) is 38.8. The van der Waals surface area contributed by atoms with E-state index < -0.39 is 0 Å². The predicted octanol–water partition coefficient (Wildman–Crippen LogP) is 11.7. The van der Waals surface area contributed by atoms with Gasteiger partial charge in [0.05, 0.1) is 11.1 Å². The second-order valence-electron chi connectivity index (χ2n) is 19.1. The number of allylic oxidation sites excluding steroid dienone is 7. The molecule has 11 unspecified atom stereocenters. The first-order valence-electron chi connectivity index (χ1n) is 21.7. The number of fused-ring (bicyclic) bond motifs is 6. The smallest absolute Gasteiger partial charge is 0.0633 e. The minimum atomic E-state index is -0.0770. The van der Waals surface area contributed by atoms with Gasteiger partial charge < -0.3 is 15.1 Å². The molecule has 3 aromatic rings. The van der Waals surface area contributed by atoms with E-state index in [0.717, 1.165) is 25.2 Å². The van der Waals surface area contributed by atoms with Crippen molar-refractivity contribution in [2.75, 3.05) is 9.80 Å². The number of hydrogen-bond donors (Lipinski definition) is 1. The van der Waals surface area contributed by atoms with Gasteiger partial charge in [-0.2, -0.15) is 0 Å². The molecule has 0 aromatic heterocycles. The van der Waals surface area contributed by atoms with E-state index in [-0.39, 0.29) is 22.7 Å². The average Bonchev–Trinajstić information content (AvgIpc) is 3.92. The molecule has 284 valence electrons. The van der Waals surface area contributed by atoms with Gasteiger partial charge in [0.1, 0.15) is 0 Å². The summed E-state index contributed by atoms with van der Waals surface area (Å²) in [6.07, 6.45) is 28.7. The van der Waals surface area contributed by atoms with Crippen LogP contribution in [0.4, 0.5) is 11.4 Å². The molecule has 8 aliphatic rings. The Morgan fingerprint density at radius 1 is 0.768 bits per heavy atom. The minimum absolute atomic E-state index is 0.0770. The number of dihydropyridines is 1. The van der Waals surface area contributed by atoms with Crippen molar-refractivity contribution in [3.05, 3.63) is 167 Å². The SMILES string of the molecule is CC1NC(c2cccc(N3C4C(C)CC=CC4C4=CC(C5=CCC6(C)C(C5C)C5CC7C=CC5(C7)N6c5ccccc5)=CCC43C)c2)=CC=C1c1ccccc1. The van der Waals surface area contributed by atoms with Crippen molar-refractivity contribution in [3.63, 3.8) is 0 Å². The van der Waals surface area contributed by atoms with Crippen LogP contribution in [0.1, 0.15) is 77.8 Å². The fraction of sp³-hybridized carbons (Fsp3) is 0.396. The summed E-state index contributed by atoms with van der Waals surface area (Å²) in [5.41, 5.74) is 12.7. The third-order valence-electron chi connectivity index (χ3n) is 16.1. The monoisotopic (exact) mass is 735 g/mol. The highest BCUT2D eigenvalue weighted by Crippen LogP contribution is 2.68. The predicted molar refractivity (Wildman–Crippen MR) is 234 cm³/mol. The zero-order valence-corrected chi connectivity index (χ0v) is 33.8. The van der Waals surface area contributed by atoms with Gasteiger partial charge in [-0.1, -0.05) is 123 Å². The zero-order valence-electron chi connectivity index (χ0n) is 33.8. The molecule has 3 nitrogen and oxygen atoms in total. The van der Waals surface area contributed by atoms with Crippen molar-refractivity contribution < 1.29 is 0 Å². The molecule has 3 aliphatic heterocycles. The van der Waals surface area contributed by atoms with E-state index in [1.165, 1.54) is 52.2 Å². The highest BCUT2D eigenvalue weighted by atomic mass is 15.3. The summed E-state index contributed by atoms with van der Waals surface area (Å²) >= 11 is 0. The fourth-order valence-corrected chi connectivity index (χ4v) is 13.9. The number of anilines is 2. The number of para-hydroxylation sites is 1. The van der Waals surface area contributed by atoms with Crippen molar-refractivity contribution in [1.82, 2.24) is 5.32 Å². The molecule has 3 heteroatoms. The van der Waals surface area contributed by atoms with Crippen molar-refractivity contribution in [2.45, 2.75) is 95.4 Å². The Morgan fingerprint density at radius 2 is 1.54 bits per heavy atom. The number of nitrogens with zero attached hydrogens (tertiary/aromatic N) is 2. The lowest BCUT2D eigenvalue weighted by atomic mass is 9.62. The van der Waals surface area contributed by atoms with E-state index in [1.807, 2.05) is 0 Å². The Balaban J connectivity index is 0.939. The topological polar surface area (TPSA) is 18.5 Å². The first-order chi connectivity index (χ1) is 27.2. The zero-order chi connectivity index (χ0) is 38.0. The van der Waals surface area contributed by atoms with Crippen LogP contribution in [0.15, 0.2) is 156 Å². The lowest BCUT2D eigenvalue weighted by Gasteiger charge is -2.49. The van der Waals surface area contributed by atoms with E-state index in [2.05, 4.69) is 189 Å². The van der Waals surface area contributed by atoms with Crippen molar-refractivity contribution >= 4 is 22.6 Å². The van der Waals surface area contributed by atoms with Crippen LogP contribution in [-0.2, 0) is 0 Å². The highest BCUT2D eigenvalue weighted by molar-refractivity contribution is 5.81. The summed E-state index contributed by atoms with van der Waals surface area (Å²) < 4.78 is 0. The van der Waals surface area contributed by atoms with Crippen molar-refractivity contribution in [1.29, 1.82) is 0 Å². The van der Waals surface area contributed by atoms with Crippen LogP contribution >= 0.6 is 0 Å². The van der Waals surface area contributed by atoms with Gasteiger partial charge in [-0.05, 0) is 146 Å². The first kappa shape index (κ1) is 34.5. The Labute approximate surface area is 335 Å². The summed E-state index contributed by atoms with van der Waals surface area (Å²) in [5.74, 6) is 3.54. The van der Waals surface area contributed by atoms with E-state index in [0.29, 0.717) is 35.6 Å². The maximum Gasteiger partial charge on any atom is 0.0633 e. The van der Waals surface area contributed by atoms with E-state index >= 15 is 0 Å². The lowest BCUT2D eigenvalue weighted by molar-refractivity contribution is 0.196. The molecular weight excluding hydrogens is 679 g/mol. The highest BCUT2D eigenvalue weighted by Gasteiger charge is 2.69. The number of nitrogens with one attached hydrogen (secondary N) is 1. The summed E-state index contributed by atoms with van der Waals surface area (Å²) in [7, 11) is 0. The summed E-state index contributed by atoms with van der Waals surface area (Å²) in [6, 6.07) is 32.3. The van der Waals surface area contributed by atoms with Gasteiger partial charge in [-0.3, -0.25) is 0 Å². The van der Waals surface area contributed by atoms with E-state index in [4.69, 9.17) is 0 Å². The maximum atomic E-state index is 3.86. The molecule has 11 rings (SSSR count). The van der Waals surface area contributed by atoms with Gasteiger partial charge in [0.15, 0.2) is 0 Å². The molecule has 3 aromatic carbocycles. The molecule has 56 heavy (non-hydrogen) atoms. The molecule has 1 saturated carbocycles. The summed E-state index contributed by atoms with van der Waals surface area (Å²) in [5, 5.41) is 3.86. The Hall–Kier alpha value is -4.76. The Bertz CT molecular complexity index is 2310. The van der Waals surface area contributed by atoms with Crippen LogP contribution in [0.2, 0.25) is 0 Å². The molecule has 0 amide bonds. The quantitative estimate of drug-likeness (QED) is 0.263. The maximum absolute atomic E-state index is 3.86. The molecule has 2 bridgehead atoms. The second-order valence-corrected chi connectivity index (χ2v) is 19.1. The largest absolute Gasteiger partial charge is 0.378 e. The number of rotatable bonds is 5. The van der Waals surface area contributed by atoms with E-state index in [1.54, 1.807) is 11.1 Å². The average molecular weight is 736 g/mol. The number of benzene rings is 3. The Kier molecular flexibility index (Phi) is 7.62. The second kappa shape index (κ2) is 12.4. The molecule has 3 heterocycles. The number of hydrogen-bond acceptors (Lipinski definition) is 3. The van der Waals surface area contributed by atoms with Crippen LogP contribution < -0.4 is 15.1 Å². The van der Waals surface area contributed by atoms with Crippen molar-refractivity contribution in [2.24, 2.45) is 35.5 Å². The first-order valence-corrected chi connectivity index (χ1v) is 21.7. The van der Waals surface area contributed by atoms with Gasteiger partial charge in [0, 0.05) is 40.6 Å². The van der Waals surface area contributed by atoms with Crippen LogP contribution in [0.5, 0.6) is 0 Å². The molecule has 0 radical (unpaired) electrons. The molecule has 1 spiro atoms. The Morgan fingerprint density at radius 3 is 2.32 bits per heavy atom. The van der Waals surface area contributed by atoms with Crippen LogP contribution in [0, 0.1) is 35.5 Å². The van der Waals surface area contributed by atoms with Crippen LogP contribution in [0.3, 0.4) is 0 Å². The molecule has 11 atom stereocenters. The molecule has 1 N–H and O–H groups in total. The fourth-order valence-electron chi connectivity index (χ4n) is 13.9. The van der Waals surface area contributed by atoms with Gasteiger partial charge in [0.2, 0.25) is 0 Å². The molecule has 5 aliphatic carbocycles. The summed E-state index contributed by atoms with van der Waals surface area (Å²) in [6.45, 7) is 12.5. The van der Waals surface area contributed by atoms with Gasteiger partial charge >= 0.3 is 0 Å².